The Kier molecular flexibility index (Phi) is 4.19. The Hall–Kier alpha value is -2.07. The summed E-state index contributed by atoms with van der Waals surface area (Å²) in [4.78, 5) is 11.9. The van der Waals surface area contributed by atoms with Crippen LogP contribution in [-0.2, 0) is 0 Å². The van der Waals surface area contributed by atoms with E-state index in [9.17, 15) is 9.90 Å². The number of aryl methyl sites for hydroxylation is 1. The lowest BCUT2D eigenvalue weighted by molar-refractivity contribution is 0.151. The monoisotopic (exact) mass is 288 g/mol. The van der Waals surface area contributed by atoms with E-state index in [-0.39, 0.29) is 4.48 Å². The number of benzene rings is 2. The van der Waals surface area contributed by atoms with Gasteiger partial charge in [-0.3, -0.25) is 0 Å². The molecule has 4 heteroatoms. The Morgan fingerprint density at radius 3 is 2.43 bits per heavy atom. The molecule has 2 aromatic rings. The van der Waals surface area contributed by atoms with Crippen molar-refractivity contribution >= 4 is 22.6 Å². The van der Waals surface area contributed by atoms with Crippen molar-refractivity contribution in [2.45, 2.75) is 20.8 Å². The molecule has 0 fully saturated rings. The van der Waals surface area contributed by atoms with E-state index < -0.39 is 6.09 Å². The third-order valence-corrected chi connectivity index (χ3v) is 4.19. The second-order valence-electron chi connectivity index (χ2n) is 5.23. The number of ether oxygens (including phenoxy) is 1. The number of quaternary nitrogens is 1. The molecule has 0 radical (unpaired) electrons. The number of nitrogens with zero attached hydrogens (tertiary/aromatic N) is 1. The normalized spacial score (nSPS) is 11.6. The van der Waals surface area contributed by atoms with E-state index in [4.69, 9.17) is 4.74 Å². The van der Waals surface area contributed by atoms with Crippen LogP contribution in [0.25, 0.3) is 10.8 Å². The van der Waals surface area contributed by atoms with Crippen molar-refractivity contribution in [3.05, 3.63) is 35.9 Å². The number of carboxylic acid groups (broad SMARTS) is 1. The number of hydrogen-bond acceptors (Lipinski definition) is 2. The van der Waals surface area contributed by atoms with Crippen LogP contribution in [0.1, 0.15) is 19.4 Å². The fourth-order valence-corrected chi connectivity index (χ4v) is 2.97. The number of carbonyl (C=O) groups is 1. The molecule has 112 valence electrons. The van der Waals surface area contributed by atoms with E-state index in [1.165, 1.54) is 0 Å². The van der Waals surface area contributed by atoms with Crippen molar-refractivity contribution in [3.63, 3.8) is 0 Å². The maximum Gasteiger partial charge on any atom is 0.518 e. The van der Waals surface area contributed by atoms with Crippen molar-refractivity contribution in [3.8, 4) is 5.75 Å². The van der Waals surface area contributed by atoms with Crippen LogP contribution in [0.15, 0.2) is 30.3 Å². The Morgan fingerprint density at radius 1 is 1.24 bits per heavy atom. The Bertz CT molecular complexity index is 675. The summed E-state index contributed by atoms with van der Waals surface area (Å²) >= 11 is 0. The largest absolute Gasteiger partial charge is 0.518 e. The third-order valence-electron chi connectivity index (χ3n) is 4.19. The molecular formula is C17H22NO3+. The molecule has 0 heterocycles. The van der Waals surface area contributed by atoms with Crippen molar-refractivity contribution in [2.75, 3.05) is 20.2 Å². The van der Waals surface area contributed by atoms with Gasteiger partial charge in [0.15, 0.2) is 5.69 Å². The van der Waals surface area contributed by atoms with Gasteiger partial charge in [-0.25, -0.2) is 0 Å². The predicted molar refractivity (Wildman–Crippen MR) is 86.1 cm³/mol. The summed E-state index contributed by atoms with van der Waals surface area (Å²) < 4.78 is 5.41. The zero-order chi connectivity index (χ0) is 15.6. The van der Waals surface area contributed by atoms with Crippen LogP contribution in [0.4, 0.5) is 10.5 Å². The summed E-state index contributed by atoms with van der Waals surface area (Å²) in [6.45, 7) is 6.78. The molecule has 0 saturated carbocycles. The lowest BCUT2D eigenvalue weighted by Crippen LogP contribution is -2.53. The van der Waals surface area contributed by atoms with Gasteiger partial charge in [-0.15, -0.1) is 0 Å². The quantitative estimate of drug-likeness (QED) is 0.858. The summed E-state index contributed by atoms with van der Waals surface area (Å²) in [5.74, 6) is 0.728. The summed E-state index contributed by atoms with van der Waals surface area (Å²) in [7, 11) is 1.62. The molecule has 2 rings (SSSR count). The first-order chi connectivity index (χ1) is 10.00. The van der Waals surface area contributed by atoms with Crippen LogP contribution in [0.5, 0.6) is 5.75 Å². The van der Waals surface area contributed by atoms with E-state index in [1.807, 2.05) is 45.0 Å². The van der Waals surface area contributed by atoms with Gasteiger partial charge in [0.2, 0.25) is 0 Å². The minimum Gasteiger partial charge on any atom is -0.496 e. The van der Waals surface area contributed by atoms with Gasteiger partial charge in [0, 0.05) is 6.07 Å². The second kappa shape index (κ2) is 5.74. The zero-order valence-corrected chi connectivity index (χ0v) is 13.0. The van der Waals surface area contributed by atoms with Crippen LogP contribution in [0.2, 0.25) is 0 Å². The van der Waals surface area contributed by atoms with Gasteiger partial charge in [-0.05, 0) is 37.8 Å². The first-order valence-electron chi connectivity index (χ1n) is 7.18. The Morgan fingerprint density at radius 2 is 1.90 bits per heavy atom. The van der Waals surface area contributed by atoms with Crippen LogP contribution < -0.4 is 9.22 Å². The van der Waals surface area contributed by atoms with E-state index in [0.29, 0.717) is 13.1 Å². The van der Waals surface area contributed by atoms with Gasteiger partial charge in [0.1, 0.15) is 5.75 Å². The highest BCUT2D eigenvalue weighted by Gasteiger charge is 2.38. The van der Waals surface area contributed by atoms with Gasteiger partial charge in [0.05, 0.1) is 25.6 Å². The molecule has 4 nitrogen and oxygen atoms in total. The van der Waals surface area contributed by atoms with Gasteiger partial charge >= 0.3 is 6.09 Å². The Balaban J connectivity index is 2.89. The first kappa shape index (κ1) is 15.3. The molecule has 1 N–H and O–H groups in total. The van der Waals surface area contributed by atoms with Crippen LogP contribution in [-0.4, -0.2) is 31.4 Å². The minimum absolute atomic E-state index is 0.100. The van der Waals surface area contributed by atoms with E-state index in [2.05, 4.69) is 6.07 Å². The number of fused-ring (bicyclic) bond motifs is 1. The molecule has 1 amide bonds. The molecule has 0 unspecified atom stereocenters. The highest BCUT2D eigenvalue weighted by Crippen LogP contribution is 2.38. The average Bonchev–Trinajstić information content (AvgIpc) is 2.47. The van der Waals surface area contributed by atoms with Crippen LogP contribution in [0.3, 0.4) is 0 Å². The molecule has 0 aliphatic carbocycles. The lowest BCUT2D eigenvalue weighted by Gasteiger charge is -2.31. The summed E-state index contributed by atoms with van der Waals surface area (Å²) in [5, 5.41) is 11.7. The van der Waals surface area contributed by atoms with E-state index in [0.717, 1.165) is 27.8 Å². The SMILES string of the molecule is CC[N+](CC)(C(=O)O)c1cccc2cc(C)cc(OC)c12. The third kappa shape index (κ3) is 2.36. The van der Waals surface area contributed by atoms with Crippen molar-refractivity contribution in [2.24, 2.45) is 0 Å². The molecule has 0 atom stereocenters. The molecule has 0 aliphatic heterocycles. The maximum atomic E-state index is 11.9. The smallest absolute Gasteiger partial charge is 0.496 e. The van der Waals surface area contributed by atoms with Gasteiger partial charge < -0.3 is 9.84 Å². The molecule has 0 spiro atoms. The zero-order valence-electron chi connectivity index (χ0n) is 13.0. The molecule has 0 bridgehead atoms. The summed E-state index contributed by atoms with van der Waals surface area (Å²) in [6, 6.07) is 9.81. The minimum atomic E-state index is -0.838. The van der Waals surface area contributed by atoms with Crippen molar-refractivity contribution in [1.82, 2.24) is 4.48 Å². The van der Waals surface area contributed by atoms with Crippen molar-refractivity contribution in [1.29, 1.82) is 0 Å². The Labute approximate surface area is 125 Å². The van der Waals surface area contributed by atoms with Crippen LogP contribution >= 0.6 is 0 Å². The lowest BCUT2D eigenvalue weighted by atomic mass is 10.0. The molecular weight excluding hydrogens is 266 g/mol. The van der Waals surface area contributed by atoms with Gasteiger partial charge in [0.25, 0.3) is 0 Å². The standard InChI is InChI=1S/C17H21NO3/c1-5-18(6-2,17(19)20)14-9-7-8-13-10-12(3)11-15(21-4)16(13)14/h7-11H,5-6H2,1-4H3/p+1. The highest BCUT2D eigenvalue weighted by atomic mass is 16.5. The first-order valence-corrected chi connectivity index (χ1v) is 7.18. The molecule has 2 aromatic carbocycles. The van der Waals surface area contributed by atoms with Crippen molar-refractivity contribution < 1.29 is 14.6 Å². The predicted octanol–water partition coefficient (Wildman–Crippen LogP) is 4.18. The van der Waals surface area contributed by atoms with Crippen LogP contribution in [0, 0.1) is 6.92 Å². The highest BCUT2D eigenvalue weighted by molar-refractivity contribution is 6.02. The number of hydrogen-bond donors (Lipinski definition) is 1. The van der Waals surface area contributed by atoms with E-state index >= 15 is 0 Å². The fourth-order valence-electron chi connectivity index (χ4n) is 2.97. The summed E-state index contributed by atoms with van der Waals surface area (Å²) in [5.41, 5.74) is 1.87. The molecule has 0 aromatic heterocycles. The van der Waals surface area contributed by atoms with E-state index in [1.54, 1.807) is 7.11 Å². The summed E-state index contributed by atoms with van der Waals surface area (Å²) in [6.07, 6.45) is -0.838. The second-order valence-corrected chi connectivity index (χ2v) is 5.23. The molecule has 21 heavy (non-hydrogen) atoms. The number of methoxy groups -OCH3 is 1. The molecule has 0 saturated heterocycles. The maximum absolute atomic E-state index is 11.9. The molecule has 0 aliphatic rings. The van der Waals surface area contributed by atoms with Gasteiger partial charge in [-0.1, -0.05) is 18.2 Å². The number of rotatable bonds is 4. The fraction of sp³-hybridized carbons (Fsp3) is 0.353. The average molecular weight is 288 g/mol. The van der Waals surface area contributed by atoms with Gasteiger partial charge in [-0.2, -0.15) is 9.28 Å². The number of amides is 1. The topological polar surface area (TPSA) is 46.5 Å².